The van der Waals surface area contributed by atoms with Gasteiger partial charge >= 0.3 is 0 Å². The van der Waals surface area contributed by atoms with E-state index in [9.17, 15) is 4.79 Å². The molecule has 0 bridgehead atoms. The van der Waals surface area contributed by atoms with Crippen LogP contribution in [-0.2, 0) is 6.42 Å². The Balaban J connectivity index is 2.09. The number of anilines is 1. The molecule has 100 valence electrons. The Bertz CT molecular complexity index is 644. The number of carbonyl (C=O) groups is 1. The van der Waals surface area contributed by atoms with Crippen molar-refractivity contribution in [3.8, 4) is 6.07 Å². The molecule has 0 unspecified atom stereocenters. The number of nitriles is 1. The summed E-state index contributed by atoms with van der Waals surface area (Å²) in [6.07, 6.45) is 0.957. The largest absolute Gasteiger partial charge is 0.322 e. The first-order valence-corrected chi connectivity index (χ1v) is 7.31. The summed E-state index contributed by atoms with van der Waals surface area (Å²) in [6.45, 7) is 0. The molecular weight excluding hydrogens is 316 g/mol. The predicted molar refractivity (Wildman–Crippen MR) is 83.1 cm³/mol. The molecule has 0 aromatic heterocycles. The van der Waals surface area contributed by atoms with Gasteiger partial charge in [0.25, 0.3) is 5.91 Å². The van der Waals surface area contributed by atoms with Gasteiger partial charge in [0.1, 0.15) is 0 Å². The van der Waals surface area contributed by atoms with Gasteiger partial charge < -0.3 is 5.32 Å². The number of nitrogens with one attached hydrogen (secondary N) is 1. The van der Waals surface area contributed by atoms with Gasteiger partial charge in [0, 0.05) is 16.6 Å². The lowest BCUT2D eigenvalue weighted by molar-refractivity contribution is 0.102. The Morgan fingerprint density at radius 2 is 1.95 bits per heavy atom. The Morgan fingerprint density at radius 1 is 1.20 bits per heavy atom. The Kier molecular flexibility index (Phi) is 4.91. The van der Waals surface area contributed by atoms with Crippen LogP contribution in [0.25, 0.3) is 0 Å². The summed E-state index contributed by atoms with van der Waals surface area (Å²) < 4.78 is 0. The number of carbonyl (C=O) groups excluding carboxylic acids is 1. The van der Waals surface area contributed by atoms with Crippen LogP contribution in [0.5, 0.6) is 0 Å². The van der Waals surface area contributed by atoms with E-state index in [-0.39, 0.29) is 5.91 Å². The molecule has 0 aliphatic rings. The lowest BCUT2D eigenvalue weighted by Crippen LogP contribution is -2.11. The number of hydrogen-bond donors (Lipinski definition) is 1. The first-order chi connectivity index (χ1) is 9.72. The lowest BCUT2D eigenvalue weighted by Gasteiger charge is -2.06. The third-order valence-corrected chi connectivity index (χ3v) is 3.25. The number of nitrogens with zero attached hydrogens (tertiary/aromatic N) is 1. The lowest BCUT2D eigenvalue weighted by atomic mass is 10.1. The fraction of sp³-hybridized carbons (Fsp3) is 0.125. The highest BCUT2D eigenvalue weighted by Crippen LogP contribution is 2.13. The van der Waals surface area contributed by atoms with Crippen molar-refractivity contribution >= 4 is 27.5 Å². The fourth-order valence-electron chi connectivity index (χ4n) is 1.80. The van der Waals surface area contributed by atoms with Crippen LogP contribution in [0, 0.1) is 11.3 Å². The topological polar surface area (TPSA) is 52.9 Å². The molecule has 3 nitrogen and oxygen atoms in total. The summed E-state index contributed by atoms with van der Waals surface area (Å²) in [5.41, 5.74) is 2.92. The fourth-order valence-corrected chi connectivity index (χ4v) is 2.25. The van der Waals surface area contributed by atoms with Crippen molar-refractivity contribution < 1.29 is 4.79 Å². The molecule has 2 aromatic carbocycles. The van der Waals surface area contributed by atoms with Crippen molar-refractivity contribution in [2.45, 2.75) is 6.42 Å². The van der Waals surface area contributed by atoms with E-state index in [1.165, 1.54) is 5.56 Å². The summed E-state index contributed by atoms with van der Waals surface area (Å²) in [7, 11) is 0. The smallest absolute Gasteiger partial charge is 0.255 e. The summed E-state index contributed by atoms with van der Waals surface area (Å²) in [6, 6.07) is 16.4. The van der Waals surface area contributed by atoms with E-state index < -0.39 is 0 Å². The highest BCUT2D eigenvalue weighted by molar-refractivity contribution is 9.09. The minimum atomic E-state index is -0.213. The molecular formula is C16H13BrN2O. The van der Waals surface area contributed by atoms with Crippen LogP contribution >= 0.6 is 15.9 Å². The van der Waals surface area contributed by atoms with Crippen molar-refractivity contribution in [1.82, 2.24) is 0 Å². The van der Waals surface area contributed by atoms with Crippen LogP contribution in [0.15, 0.2) is 48.5 Å². The average molecular weight is 329 g/mol. The van der Waals surface area contributed by atoms with Gasteiger partial charge in [-0.2, -0.15) is 5.26 Å². The summed E-state index contributed by atoms with van der Waals surface area (Å²) in [5, 5.41) is 12.6. The van der Waals surface area contributed by atoms with Crippen LogP contribution < -0.4 is 5.32 Å². The molecule has 4 heteroatoms. The van der Waals surface area contributed by atoms with E-state index in [2.05, 4.69) is 21.2 Å². The third-order valence-electron chi connectivity index (χ3n) is 2.85. The van der Waals surface area contributed by atoms with E-state index in [0.29, 0.717) is 11.1 Å². The number of aryl methyl sites for hydroxylation is 1. The number of halogens is 1. The van der Waals surface area contributed by atoms with Crippen LogP contribution in [0.2, 0.25) is 0 Å². The normalized spacial score (nSPS) is 9.80. The molecule has 0 heterocycles. The molecule has 20 heavy (non-hydrogen) atoms. The molecule has 0 aliphatic heterocycles. The van der Waals surface area contributed by atoms with E-state index in [1.54, 1.807) is 24.3 Å². The monoisotopic (exact) mass is 328 g/mol. The van der Waals surface area contributed by atoms with Gasteiger partial charge in [-0.3, -0.25) is 4.79 Å². The van der Waals surface area contributed by atoms with E-state index in [4.69, 9.17) is 5.26 Å². The molecule has 0 atom stereocenters. The van der Waals surface area contributed by atoms with E-state index >= 15 is 0 Å². The maximum absolute atomic E-state index is 12.1. The van der Waals surface area contributed by atoms with Crippen LogP contribution in [0.1, 0.15) is 21.5 Å². The molecule has 2 aromatic rings. The summed E-state index contributed by atoms with van der Waals surface area (Å²) in [4.78, 5) is 12.1. The Hall–Kier alpha value is -2.12. The molecule has 0 fully saturated rings. The molecule has 0 spiro atoms. The standard InChI is InChI=1S/C16H13BrN2O/c17-9-8-12-4-6-15(7-5-12)19-16(20)14-3-1-2-13(10-14)11-18/h1-7,10H,8-9H2,(H,19,20). The summed E-state index contributed by atoms with van der Waals surface area (Å²) in [5.74, 6) is -0.213. The second kappa shape index (κ2) is 6.88. The van der Waals surface area contributed by atoms with Gasteiger partial charge in [0.05, 0.1) is 11.6 Å². The minimum absolute atomic E-state index is 0.213. The molecule has 0 saturated carbocycles. The maximum atomic E-state index is 12.1. The number of benzene rings is 2. The van der Waals surface area contributed by atoms with Crippen molar-refractivity contribution in [1.29, 1.82) is 5.26 Å². The molecule has 0 saturated heterocycles. The first-order valence-electron chi connectivity index (χ1n) is 6.19. The average Bonchev–Trinajstić information content (AvgIpc) is 2.49. The third kappa shape index (κ3) is 3.69. The minimum Gasteiger partial charge on any atom is -0.322 e. The first kappa shape index (κ1) is 14.3. The molecule has 0 radical (unpaired) electrons. The number of hydrogen-bond acceptors (Lipinski definition) is 2. The second-order valence-corrected chi connectivity index (χ2v) is 5.08. The predicted octanol–water partition coefficient (Wildman–Crippen LogP) is 3.75. The van der Waals surface area contributed by atoms with Gasteiger partial charge in [0.2, 0.25) is 0 Å². The molecule has 2 rings (SSSR count). The number of alkyl halides is 1. The molecule has 1 amide bonds. The zero-order valence-corrected chi connectivity index (χ0v) is 12.4. The van der Waals surface area contributed by atoms with Gasteiger partial charge in [-0.05, 0) is 42.3 Å². The quantitative estimate of drug-likeness (QED) is 0.869. The van der Waals surface area contributed by atoms with Crippen molar-refractivity contribution in [3.05, 3.63) is 65.2 Å². The van der Waals surface area contributed by atoms with Gasteiger partial charge in [-0.1, -0.05) is 34.1 Å². The zero-order valence-electron chi connectivity index (χ0n) is 10.8. The van der Waals surface area contributed by atoms with Crippen LogP contribution in [0.3, 0.4) is 0 Å². The van der Waals surface area contributed by atoms with Crippen molar-refractivity contribution in [2.75, 3.05) is 10.6 Å². The zero-order chi connectivity index (χ0) is 14.4. The number of rotatable bonds is 4. The highest BCUT2D eigenvalue weighted by atomic mass is 79.9. The van der Waals surface area contributed by atoms with Crippen LogP contribution in [0.4, 0.5) is 5.69 Å². The second-order valence-electron chi connectivity index (χ2n) is 4.28. The van der Waals surface area contributed by atoms with E-state index in [1.807, 2.05) is 30.3 Å². The molecule has 1 N–H and O–H groups in total. The Labute approximate surface area is 126 Å². The Morgan fingerprint density at radius 3 is 2.60 bits per heavy atom. The van der Waals surface area contributed by atoms with Crippen molar-refractivity contribution in [2.24, 2.45) is 0 Å². The van der Waals surface area contributed by atoms with Gasteiger partial charge in [0.15, 0.2) is 0 Å². The van der Waals surface area contributed by atoms with Crippen molar-refractivity contribution in [3.63, 3.8) is 0 Å². The van der Waals surface area contributed by atoms with Crippen LogP contribution in [-0.4, -0.2) is 11.2 Å². The maximum Gasteiger partial charge on any atom is 0.255 e. The van der Waals surface area contributed by atoms with E-state index in [0.717, 1.165) is 17.4 Å². The SMILES string of the molecule is N#Cc1cccc(C(=O)Nc2ccc(CCBr)cc2)c1. The van der Waals surface area contributed by atoms with Gasteiger partial charge in [-0.25, -0.2) is 0 Å². The highest BCUT2D eigenvalue weighted by Gasteiger charge is 2.06. The summed E-state index contributed by atoms with van der Waals surface area (Å²) >= 11 is 3.39. The van der Waals surface area contributed by atoms with Gasteiger partial charge in [-0.15, -0.1) is 0 Å². The molecule has 0 aliphatic carbocycles. The number of amides is 1.